The van der Waals surface area contributed by atoms with Gasteiger partial charge in [0.2, 0.25) is 0 Å². The predicted molar refractivity (Wildman–Crippen MR) is 58.8 cm³/mol. The molecule has 80 valence electrons. The summed E-state index contributed by atoms with van der Waals surface area (Å²) in [6.07, 6.45) is 4.99. The number of hydrogen-bond acceptors (Lipinski definition) is 4. The van der Waals surface area contributed by atoms with Crippen molar-refractivity contribution in [3.05, 3.63) is 48.5 Å². The van der Waals surface area contributed by atoms with E-state index in [0.29, 0.717) is 5.69 Å². The highest BCUT2D eigenvalue weighted by atomic mass is 16.5. The highest BCUT2D eigenvalue weighted by Crippen LogP contribution is 2.18. The van der Waals surface area contributed by atoms with Gasteiger partial charge in [0, 0.05) is 18.6 Å². The lowest BCUT2D eigenvalue weighted by atomic mass is 10.1. The molecule has 0 bridgehead atoms. The van der Waals surface area contributed by atoms with Gasteiger partial charge in [0.05, 0.1) is 7.11 Å². The highest BCUT2D eigenvalue weighted by molar-refractivity contribution is 5.88. The van der Waals surface area contributed by atoms with E-state index in [-0.39, 0.29) is 0 Å². The van der Waals surface area contributed by atoms with E-state index in [9.17, 15) is 4.79 Å². The van der Waals surface area contributed by atoms with E-state index in [2.05, 4.69) is 14.7 Å². The lowest BCUT2D eigenvalue weighted by Crippen LogP contribution is -2.03. The van der Waals surface area contributed by atoms with Crippen LogP contribution >= 0.6 is 0 Å². The first-order valence-electron chi connectivity index (χ1n) is 4.76. The van der Waals surface area contributed by atoms with Crippen molar-refractivity contribution in [3.8, 4) is 11.1 Å². The van der Waals surface area contributed by atoms with Crippen LogP contribution in [-0.4, -0.2) is 23.0 Å². The molecule has 4 nitrogen and oxygen atoms in total. The Morgan fingerprint density at radius 3 is 2.50 bits per heavy atom. The first-order chi connectivity index (χ1) is 7.81. The van der Waals surface area contributed by atoms with Crippen molar-refractivity contribution in [2.24, 2.45) is 0 Å². The predicted octanol–water partition coefficient (Wildman–Crippen LogP) is 1.93. The normalized spacial score (nSPS) is 9.81. The molecule has 0 atom stereocenters. The van der Waals surface area contributed by atoms with Gasteiger partial charge >= 0.3 is 5.97 Å². The van der Waals surface area contributed by atoms with Gasteiger partial charge in [0.25, 0.3) is 0 Å². The Labute approximate surface area is 92.9 Å². The molecule has 0 aliphatic rings. The number of esters is 1. The summed E-state index contributed by atoms with van der Waals surface area (Å²) >= 11 is 0. The van der Waals surface area contributed by atoms with E-state index < -0.39 is 5.97 Å². The molecular weight excluding hydrogens is 204 g/mol. The molecule has 0 aromatic carbocycles. The molecule has 0 fully saturated rings. The molecule has 16 heavy (non-hydrogen) atoms. The first kappa shape index (κ1) is 10.3. The molecule has 0 N–H and O–H groups in total. The molecule has 2 aromatic heterocycles. The molecule has 0 unspecified atom stereocenters. The van der Waals surface area contributed by atoms with Gasteiger partial charge in [-0.2, -0.15) is 0 Å². The Bertz CT molecular complexity index is 497. The van der Waals surface area contributed by atoms with Gasteiger partial charge in [0.1, 0.15) is 5.69 Å². The van der Waals surface area contributed by atoms with Crippen LogP contribution in [0.1, 0.15) is 10.5 Å². The maximum absolute atomic E-state index is 11.3. The van der Waals surface area contributed by atoms with E-state index in [0.717, 1.165) is 11.1 Å². The zero-order valence-electron chi connectivity index (χ0n) is 8.75. The lowest BCUT2D eigenvalue weighted by Gasteiger charge is -2.02. The van der Waals surface area contributed by atoms with Crippen molar-refractivity contribution in [2.45, 2.75) is 0 Å². The molecule has 0 saturated heterocycles. The van der Waals surface area contributed by atoms with E-state index in [1.54, 1.807) is 24.7 Å². The quantitative estimate of drug-likeness (QED) is 0.717. The molecule has 4 heteroatoms. The zero-order valence-corrected chi connectivity index (χ0v) is 8.75. The average Bonchev–Trinajstić information content (AvgIpc) is 2.39. The van der Waals surface area contributed by atoms with Crippen LogP contribution < -0.4 is 0 Å². The second-order valence-electron chi connectivity index (χ2n) is 3.16. The van der Waals surface area contributed by atoms with Gasteiger partial charge in [-0.1, -0.05) is 0 Å². The second kappa shape index (κ2) is 4.53. The van der Waals surface area contributed by atoms with Gasteiger partial charge in [-0.05, 0) is 35.4 Å². The fraction of sp³-hybridized carbons (Fsp3) is 0.0833. The van der Waals surface area contributed by atoms with E-state index in [1.807, 2.05) is 18.2 Å². The standard InChI is InChI=1S/C12H10N2O2/c1-16-12(15)11-8-10(4-7-14-11)9-2-5-13-6-3-9/h2-8H,1H3. The molecular formula is C12H10N2O2. The van der Waals surface area contributed by atoms with E-state index in [1.165, 1.54) is 7.11 Å². The van der Waals surface area contributed by atoms with Crippen molar-refractivity contribution >= 4 is 5.97 Å². The summed E-state index contributed by atoms with van der Waals surface area (Å²) < 4.78 is 4.61. The number of carbonyl (C=O) groups excluding carboxylic acids is 1. The third-order valence-corrected chi connectivity index (χ3v) is 2.17. The molecule has 0 radical (unpaired) electrons. The Balaban J connectivity index is 2.40. The molecule has 0 aliphatic heterocycles. The fourth-order valence-electron chi connectivity index (χ4n) is 1.37. The fourth-order valence-corrected chi connectivity index (χ4v) is 1.37. The van der Waals surface area contributed by atoms with Gasteiger partial charge in [-0.15, -0.1) is 0 Å². The van der Waals surface area contributed by atoms with Crippen molar-refractivity contribution in [1.82, 2.24) is 9.97 Å². The minimum Gasteiger partial charge on any atom is -0.464 e. The molecule has 2 aromatic rings. The maximum Gasteiger partial charge on any atom is 0.356 e. The second-order valence-corrected chi connectivity index (χ2v) is 3.16. The van der Waals surface area contributed by atoms with Crippen LogP contribution in [0.5, 0.6) is 0 Å². The number of rotatable bonds is 2. The van der Waals surface area contributed by atoms with Gasteiger partial charge in [-0.3, -0.25) is 4.98 Å². The van der Waals surface area contributed by atoms with Crippen LogP contribution in [-0.2, 0) is 4.74 Å². The summed E-state index contributed by atoms with van der Waals surface area (Å²) in [6, 6.07) is 7.27. The van der Waals surface area contributed by atoms with Crippen molar-refractivity contribution in [2.75, 3.05) is 7.11 Å². The number of ether oxygens (including phenoxy) is 1. The minimum absolute atomic E-state index is 0.303. The first-order valence-corrected chi connectivity index (χ1v) is 4.76. The number of pyridine rings is 2. The highest BCUT2D eigenvalue weighted by Gasteiger charge is 2.07. The summed E-state index contributed by atoms with van der Waals surface area (Å²) in [5.41, 5.74) is 2.21. The van der Waals surface area contributed by atoms with Crippen molar-refractivity contribution in [1.29, 1.82) is 0 Å². The summed E-state index contributed by atoms with van der Waals surface area (Å²) in [6.45, 7) is 0. The van der Waals surface area contributed by atoms with Gasteiger partial charge < -0.3 is 4.74 Å². The molecule has 2 rings (SSSR count). The minimum atomic E-state index is -0.434. The average molecular weight is 214 g/mol. The molecule has 0 spiro atoms. The zero-order chi connectivity index (χ0) is 11.4. The Morgan fingerprint density at radius 2 is 1.81 bits per heavy atom. The monoisotopic (exact) mass is 214 g/mol. The largest absolute Gasteiger partial charge is 0.464 e. The Morgan fingerprint density at radius 1 is 1.12 bits per heavy atom. The van der Waals surface area contributed by atoms with Crippen LogP contribution in [0.2, 0.25) is 0 Å². The lowest BCUT2D eigenvalue weighted by molar-refractivity contribution is 0.0594. The van der Waals surface area contributed by atoms with Crippen LogP contribution in [0.3, 0.4) is 0 Å². The number of aromatic nitrogens is 2. The smallest absolute Gasteiger partial charge is 0.356 e. The summed E-state index contributed by atoms with van der Waals surface area (Å²) in [4.78, 5) is 19.2. The van der Waals surface area contributed by atoms with Crippen LogP contribution in [0.4, 0.5) is 0 Å². The summed E-state index contributed by atoms with van der Waals surface area (Å²) in [7, 11) is 1.34. The van der Waals surface area contributed by atoms with E-state index >= 15 is 0 Å². The van der Waals surface area contributed by atoms with E-state index in [4.69, 9.17) is 0 Å². The third-order valence-electron chi connectivity index (χ3n) is 2.17. The van der Waals surface area contributed by atoms with Crippen LogP contribution in [0, 0.1) is 0 Å². The Hall–Kier alpha value is -2.23. The van der Waals surface area contributed by atoms with Crippen molar-refractivity contribution < 1.29 is 9.53 Å². The summed E-state index contributed by atoms with van der Waals surface area (Å²) in [5.74, 6) is -0.434. The molecule has 0 saturated carbocycles. The SMILES string of the molecule is COC(=O)c1cc(-c2ccncc2)ccn1. The van der Waals surface area contributed by atoms with Gasteiger partial charge in [-0.25, -0.2) is 9.78 Å². The maximum atomic E-state index is 11.3. The van der Waals surface area contributed by atoms with Crippen molar-refractivity contribution in [3.63, 3.8) is 0 Å². The number of carbonyl (C=O) groups is 1. The van der Waals surface area contributed by atoms with Crippen LogP contribution in [0.15, 0.2) is 42.9 Å². The topological polar surface area (TPSA) is 52.1 Å². The third kappa shape index (κ3) is 2.06. The number of hydrogen-bond donors (Lipinski definition) is 0. The number of methoxy groups -OCH3 is 1. The molecule has 0 aliphatic carbocycles. The molecule has 2 heterocycles. The number of nitrogens with zero attached hydrogens (tertiary/aromatic N) is 2. The van der Waals surface area contributed by atoms with Crippen LogP contribution in [0.25, 0.3) is 11.1 Å². The summed E-state index contributed by atoms with van der Waals surface area (Å²) in [5, 5.41) is 0. The Kier molecular flexibility index (Phi) is 2.91. The van der Waals surface area contributed by atoms with Gasteiger partial charge in [0.15, 0.2) is 0 Å². The molecule has 0 amide bonds.